The molecule has 0 bridgehead atoms. The summed E-state index contributed by atoms with van der Waals surface area (Å²) in [7, 11) is 0. The van der Waals surface area contributed by atoms with Gasteiger partial charge in [0.05, 0.1) is 0 Å². The lowest BCUT2D eigenvalue weighted by Crippen LogP contribution is -1.90. The molecule has 0 unspecified atom stereocenters. The van der Waals surface area contributed by atoms with E-state index in [1.807, 2.05) is 11.3 Å². The highest BCUT2D eigenvalue weighted by Crippen LogP contribution is 2.49. The molecular formula is C64H38OS. The summed E-state index contributed by atoms with van der Waals surface area (Å²) in [5, 5.41) is 14.6. The summed E-state index contributed by atoms with van der Waals surface area (Å²) in [6.07, 6.45) is 0. The molecule has 306 valence electrons. The molecule has 0 atom stereocenters. The molecule has 14 aromatic rings. The molecule has 0 aliphatic rings. The van der Waals surface area contributed by atoms with Crippen molar-refractivity contribution in [2.24, 2.45) is 0 Å². The zero-order valence-corrected chi connectivity index (χ0v) is 36.6. The van der Waals surface area contributed by atoms with Gasteiger partial charge in [0, 0.05) is 42.1 Å². The summed E-state index contributed by atoms with van der Waals surface area (Å²) >= 11 is 1.87. The lowest BCUT2D eigenvalue weighted by atomic mass is 9.85. The SMILES string of the molecule is c1ccc(-c2ccc3sc4ccc(-c5c6ccccc6c(-c6ccc7c(c6)oc6c(-c8c9ccccc9c(-c9ccccc9)c9ccccc89)cccc67)c6ccccc56)cc4c3c2)cc1. The monoisotopic (exact) mass is 854 g/mol. The first-order valence-corrected chi connectivity index (χ1v) is 23.5. The van der Waals surface area contributed by atoms with E-state index in [0.717, 1.165) is 33.1 Å². The number of hydrogen-bond acceptors (Lipinski definition) is 2. The van der Waals surface area contributed by atoms with Crippen molar-refractivity contribution in [2.45, 2.75) is 0 Å². The summed E-state index contributed by atoms with van der Waals surface area (Å²) in [5.41, 5.74) is 13.9. The molecule has 0 aliphatic carbocycles. The van der Waals surface area contributed by atoms with Crippen LogP contribution in [0.4, 0.5) is 0 Å². The average Bonchev–Trinajstić information content (AvgIpc) is 3.95. The van der Waals surface area contributed by atoms with Crippen LogP contribution in [0.3, 0.4) is 0 Å². The minimum absolute atomic E-state index is 0.881. The molecule has 66 heavy (non-hydrogen) atoms. The van der Waals surface area contributed by atoms with E-state index < -0.39 is 0 Å². The van der Waals surface area contributed by atoms with Crippen molar-refractivity contribution in [3.05, 3.63) is 231 Å². The standard InChI is InChI=1S/C64H38OS/c1-3-16-39(17-4-1)41-31-34-58-55(36-41)56-37-42(32-35-59(56)66-58)61-45-20-7-9-22-47(45)62(48-23-10-8-21-46(48)61)43-30-33-44-53-28-15-29-54(64(53)65-57(44)38-43)63-51-26-13-11-24-49(51)60(40-18-5-2-6-19-40)50-25-12-14-27-52(50)63/h1-38H. The van der Waals surface area contributed by atoms with Crippen molar-refractivity contribution in [2.75, 3.05) is 0 Å². The molecule has 0 saturated heterocycles. The van der Waals surface area contributed by atoms with Crippen LogP contribution in [-0.4, -0.2) is 0 Å². The number of thiophene rings is 1. The molecule has 0 amide bonds. The zero-order chi connectivity index (χ0) is 43.3. The van der Waals surface area contributed by atoms with Gasteiger partial charge in [-0.2, -0.15) is 0 Å². The van der Waals surface area contributed by atoms with Crippen LogP contribution in [0.2, 0.25) is 0 Å². The van der Waals surface area contributed by atoms with Crippen molar-refractivity contribution in [1.29, 1.82) is 0 Å². The largest absolute Gasteiger partial charge is 0.455 e. The van der Waals surface area contributed by atoms with Crippen LogP contribution in [0.1, 0.15) is 0 Å². The summed E-state index contributed by atoms with van der Waals surface area (Å²) in [4.78, 5) is 0. The average molecular weight is 855 g/mol. The van der Waals surface area contributed by atoms with Crippen LogP contribution in [0, 0.1) is 0 Å². The second-order valence-electron chi connectivity index (χ2n) is 17.4. The van der Waals surface area contributed by atoms with Gasteiger partial charge in [-0.15, -0.1) is 11.3 Å². The maximum Gasteiger partial charge on any atom is 0.143 e. The molecule has 1 nitrogen and oxygen atoms in total. The van der Waals surface area contributed by atoms with E-state index in [4.69, 9.17) is 4.42 Å². The topological polar surface area (TPSA) is 13.1 Å². The van der Waals surface area contributed by atoms with Gasteiger partial charge in [-0.25, -0.2) is 0 Å². The van der Waals surface area contributed by atoms with Gasteiger partial charge in [-0.1, -0.05) is 194 Å². The lowest BCUT2D eigenvalue weighted by molar-refractivity contribution is 0.670. The third kappa shape index (κ3) is 5.59. The highest BCUT2D eigenvalue weighted by atomic mass is 32.1. The summed E-state index contributed by atoms with van der Waals surface area (Å²) in [6, 6.07) is 84.5. The van der Waals surface area contributed by atoms with E-state index in [9.17, 15) is 0 Å². The van der Waals surface area contributed by atoms with Crippen LogP contribution >= 0.6 is 11.3 Å². The smallest absolute Gasteiger partial charge is 0.143 e. The quantitative estimate of drug-likeness (QED) is 0.157. The second kappa shape index (κ2) is 14.6. The van der Waals surface area contributed by atoms with Gasteiger partial charge in [0.1, 0.15) is 11.2 Å². The minimum Gasteiger partial charge on any atom is -0.455 e. The molecule has 2 aromatic heterocycles. The van der Waals surface area contributed by atoms with Gasteiger partial charge in [-0.3, -0.25) is 0 Å². The van der Waals surface area contributed by atoms with Crippen LogP contribution in [0.5, 0.6) is 0 Å². The van der Waals surface area contributed by atoms with Crippen molar-refractivity contribution in [3.63, 3.8) is 0 Å². The van der Waals surface area contributed by atoms with Crippen molar-refractivity contribution in [1.82, 2.24) is 0 Å². The van der Waals surface area contributed by atoms with Crippen molar-refractivity contribution < 1.29 is 4.42 Å². The Bertz CT molecular complexity index is 4160. The van der Waals surface area contributed by atoms with Crippen LogP contribution < -0.4 is 0 Å². The molecule has 0 saturated carbocycles. The summed E-state index contributed by atoms with van der Waals surface area (Å²) in [6.45, 7) is 0. The molecule has 2 heterocycles. The number of fused-ring (bicyclic) bond motifs is 10. The zero-order valence-electron chi connectivity index (χ0n) is 35.8. The molecule has 0 aliphatic heterocycles. The molecule has 0 N–H and O–H groups in total. The van der Waals surface area contributed by atoms with E-state index in [0.29, 0.717) is 0 Å². The van der Waals surface area contributed by atoms with E-state index in [1.54, 1.807) is 0 Å². The Hall–Kier alpha value is -8.30. The Morgan fingerprint density at radius 2 is 0.652 bits per heavy atom. The Morgan fingerprint density at radius 3 is 1.20 bits per heavy atom. The molecule has 0 fully saturated rings. The van der Waals surface area contributed by atoms with Gasteiger partial charge < -0.3 is 4.42 Å². The summed E-state index contributed by atoms with van der Waals surface area (Å²) < 4.78 is 9.75. The fraction of sp³-hybridized carbons (Fsp3) is 0. The molecule has 0 spiro atoms. The number of rotatable bonds is 5. The van der Waals surface area contributed by atoms with Gasteiger partial charge >= 0.3 is 0 Å². The number of furan rings is 1. The van der Waals surface area contributed by atoms with Crippen molar-refractivity contribution in [3.8, 4) is 55.6 Å². The van der Waals surface area contributed by atoms with Gasteiger partial charge in [-0.05, 0) is 124 Å². The number of benzene rings is 12. The molecule has 2 heteroatoms. The normalized spacial score (nSPS) is 11.9. The number of para-hydroxylation sites is 1. The fourth-order valence-corrected chi connectivity index (χ4v) is 12.0. The Labute approximate surface area is 385 Å². The first kappa shape index (κ1) is 37.1. The van der Waals surface area contributed by atoms with Crippen LogP contribution in [0.15, 0.2) is 235 Å². The Balaban J connectivity index is 0.962. The molecule has 0 radical (unpaired) electrons. The molecule has 14 rings (SSSR count). The van der Waals surface area contributed by atoms with Gasteiger partial charge in [0.25, 0.3) is 0 Å². The third-order valence-electron chi connectivity index (χ3n) is 13.8. The highest BCUT2D eigenvalue weighted by molar-refractivity contribution is 7.25. The van der Waals surface area contributed by atoms with Crippen molar-refractivity contribution >= 4 is 96.5 Å². The second-order valence-corrected chi connectivity index (χ2v) is 18.5. The lowest BCUT2D eigenvalue weighted by Gasteiger charge is -2.18. The third-order valence-corrected chi connectivity index (χ3v) is 15.0. The van der Waals surface area contributed by atoms with Gasteiger partial charge in [0.2, 0.25) is 0 Å². The first-order valence-electron chi connectivity index (χ1n) is 22.7. The van der Waals surface area contributed by atoms with E-state index in [1.165, 1.54) is 108 Å². The first-order chi connectivity index (χ1) is 32.7. The Kier molecular flexibility index (Phi) is 8.22. The highest BCUT2D eigenvalue weighted by Gasteiger charge is 2.22. The predicted octanol–water partition coefficient (Wildman–Crippen LogP) is 18.9. The predicted molar refractivity (Wildman–Crippen MR) is 284 cm³/mol. The van der Waals surface area contributed by atoms with E-state index in [2.05, 4.69) is 231 Å². The van der Waals surface area contributed by atoms with Crippen LogP contribution in [-0.2, 0) is 0 Å². The molecular weight excluding hydrogens is 817 g/mol. The Morgan fingerprint density at radius 1 is 0.242 bits per heavy atom. The van der Waals surface area contributed by atoms with E-state index >= 15 is 0 Å². The summed E-state index contributed by atoms with van der Waals surface area (Å²) in [5.74, 6) is 0. The van der Waals surface area contributed by atoms with Crippen LogP contribution in [0.25, 0.3) is 141 Å². The van der Waals surface area contributed by atoms with E-state index in [-0.39, 0.29) is 0 Å². The molecule has 12 aromatic carbocycles. The maximum atomic E-state index is 7.14. The number of hydrogen-bond donors (Lipinski definition) is 0. The fourth-order valence-electron chi connectivity index (χ4n) is 11.0. The maximum absolute atomic E-state index is 7.14. The minimum atomic E-state index is 0.881. The van der Waals surface area contributed by atoms with Gasteiger partial charge in [0.15, 0.2) is 0 Å².